The summed E-state index contributed by atoms with van der Waals surface area (Å²) in [5.41, 5.74) is -0.845. The van der Waals surface area contributed by atoms with Gasteiger partial charge in [0, 0.05) is 37.4 Å². The second kappa shape index (κ2) is 8.75. The molecule has 2 N–H and O–H groups in total. The van der Waals surface area contributed by atoms with E-state index in [9.17, 15) is 23.6 Å². The summed E-state index contributed by atoms with van der Waals surface area (Å²) in [7, 11) is 0. The van der Waals surface area contributed by atoms with Gasteiger partial charge in [-0.25, -0.2) is 13.6 Å². The zero-order valence-corrected chi connectivity index (χ0v) is 18.7. The third-order valence-electron chi connectivity index (χ3n) is 7.21. The summed E-state index contributed by atoms with van der Waals surface area (Å²) in [6.45, 7) is 5.02. The van der Waals surface area contributed by atoms with Gasteiger partial charge in [0.05, 0.1) is 6.07 Å². The van der Waals surface area contributed by atoms with E-state index in [1.54, 1.807) is 12.0 Å². The van der Waals surface area contributed by atoms with Crippen LogP contribution in [0.1, 0.15) is 64.7 Å². The Labute approximate surface area is 187 Å². The van der Waals surface area contributed by atoms with Crippen LogP contribution in [0.5, 0.6) is 0 Å². The molecule has 8 nitrogen and oxygen atoms in total. The maximum atomic E-state index is 14.2. The summed E-state index contributed by atoms with van der Waals surface area (Å²) in [6, 6.07) is 1.30. The standard InChI is InChI=1S/C22H33F2N5O3/c1-2-5-22(23,24)12-17(18(30)27-21(13-25)6-7-21)26-19(31)32-29-14-20(15-29)8-10-28(11-9-20)16-3-4-16/h16-17H,2-12,14-15H2,1H3,(H,26,31)(H,27,30)/t17-/m0/s1. The van der Waals surface area contributed by atoms with E-state index in [0.29, 0.717) is 25.9 Å². The minimum atomic E-state index is -3.11. The Morgan fingerprint density at radius 2 is 1.88 bits per heavy atom. The van der Waals surface area contributed by atoms with Crippen LogP contribution in [0.25, 0.3) is 0 Å². The number of hydrogen-bond acceptors (Lipinski definition) is 6. The van der Waals surface area contributed by atoms with E-state index >= 15 is 0 Å². The minimum absolute atomic E-state index is 0.155. The number of rotatable bonds is 9. The van der Waals surface area contributed by atoms with Crippen LogP contribution in [0, 0.1) is 16.7 Å². The molecule has 2 saturated carbocycles. The average Bonchev–Trinajstić information content (AvgIpc) is 3.62. The van der Waals surface area contributed by atoms with Gasteiger partial charge in [-0.15, -0.1) is 5.06 Å². The number of amides is 2. The molecular weight excluding hydrogens is 420 g/mol. The first kappa shape index (κ1) is 23.2. The maximum absolute atomic E-state index is 14.2. The number of hydrogen-bond donors (Lipinski definition) is 2. The van der Waals surface area contributed by atoms with Crippen LogP contribution in [0.15, 0.2) is 0 Å². The van der Waals surface area contributed by atoms with Gasteiger partial charge in [0.2, 0.25) is 5.91 Å². The van der Waals surface area contributed by atoms with E-state index in [2.05, 4.69) is 15.5 Å². The SMILES string of the molecule is CCCC(F)(F)C[C@H](NC(=O)ON1CC2(CCN(C3CC3)CC2)C1)C(=O)NC1(C#N)CC1. The van der Waals surface area contributed by atoms with E-state index in [1.165, 1.54) is 12.8 Å². The fourth-order valence-corrected chi connectivity index (χ4v) is 4.86. The molecule has 32 heavy (non-hydrogen) atoms. The zero-order valence-electron chi connectivity index (χ0n) is 18.7. The van der Waals surface area contributed by atoms with Crippen LogP contribution in [0.2, 0.25) is 0 Å². The Bertz CT molecular complexity index is 762. The van der Waals surface area contributed by atoms with Crippen molar-refractivity contribution in [2.45, 2.75) is 88.3 Å². The molecular formula is C22H33F2N5O3. The van der Waals surface area contributed by atoms with Crippen molar-refractivity contribution < 1.29 is 23.2 Å². The summed E-state index contributed by atoms with van der Waals surface area (Å²) in [4.78, 5) is 32.8. The number of carbonyl (C=O) groups excluding carboxylic acids is 2. The summed E-state index contributed by atoms with van der Waals surface area (Å²) in [5, 5.41) is 15.5. The first-order valence-electron chi connectivity index (χ1n) is 11.8. The first-order chi connectivity index (χ1) is 15.2. The Balaban J connectivity index is 1.27. The minimum Gasteiger partial charge on any atom is -0.351 e. The number of nitrogens with zero attached hydrogens (tertiary/aromatic N) is 3. The average molecular weight is 454 g/mol. The van der Waals surface area contributed by atoms with E-state index < -0.39 is 35.9 Å². The number of carbonyl (C=O) groups is 2. The predicted octanol–water partition coefficient (Wildman–Crippen LogP) is 2.55. The monoisotopic (exact) mass is 453 g/mol. The van der Waals surface area contributed by atoms with Crippen molar-refractivity contribution in [3.63, 3.8) is 0 Å². The molecule has 2 saturated heterocycles. The van der Waals surface area contributed by atoms with Crippen LogP contribution in [-0.4, -0.2) is 71.7 Å². The number of piperidine rings is 1. The molecule has 2 amide bonds. The summed E-state index contributed by atoms with van der Waals surface area (Å²) >= 11 is 0. The largest absolute Gasteiger partial charge is 0.426 e. The van der Waals surface area contributed by atoms with Gasteiger partial charge in [-0.3, -0.25) is 4.79 Å². The number of halogens is 2. The topological polar surface area (TPSA) is 97.7 Å². The number of likely N-dealkylation sites (tertiary alicyclic amines) is 1. The molecule has 2 heterocycles. The molecule has 1 spiro atoms. The van der Waals surface area contributed by atoms with Crippen LogP contribution < -0.4 is 10.6 Å². The molecule has 0 unspecified atom stereocenters. The second-order valence-electron chi connectivity index (χ2n) is 10.1. The maximum Gasteiger partial charge on any atom is 0.426 e. The molecule has 4 rings (SSSR count). The lowest BCUT2D eigenvalue weighted by atomic mass is 9.73. The Hall–Kier alpha value is -1.99. The van der Waals surface area contributed by atoms with Crippen molar-refractivity contribution in [2.24, 2.45) is 5.41 Å². The molecule has 0 aromatic heterocycles. The molecule has 0 aromatic rings. The van der Waals surface area contributed by atoms with Crippen molar-refractivity contribution in [3.05, 3.63) is 0 Å². The fraction of sp³-hybridized carbons (Fsp3) is 0.864. The van der Waals surface area contributed by atoms with Gasteiger partial charge < -0.3 is 20.4 Å². The fourth-order valence-electron chi connectivity index (χ4n) is 4.86. The third-order valence-corrected chi connectivity index (χ3v) is 7.21. The quantitative estimate of drug-likeness (QED) is 0.557. The molecule has 4 fully saturated rings. The van der Waals surface area contributed by atoms with Gasteiger partial charge in [-0.1, -0.05) is 13.3 Å². The molecule has 2 aliphatic heterocycles. The number of nitrogens with one attached hydrogen (secondary N) is 2. The highest BCUT2D eigenvalue weighted by Gasteiger charge is 2.49. The second-order valence-corrected chi connectivity index (χ2v) is 10.1. The molecule has 4 aliphatic rings. The highest BCUT2D eigenvalue weighted by molar-refractivity contribution is 5.86. The van der Waals surface area contributed by atoms with Gasteiger partial charge in [-0.2, -0.15) is 5.26 Å². The van der Waals surface area contributed by atoms with Gasteiger partial charge in [-0.05, 0) is 51.6 Å². The van der Waals surface area contributed by atoms with Crippen LogP contribution in [0.3, 0.4) is 0 Å². The number of hydroxylamine groups is 2. The summed E-state index contributed by atoms with van der Waals surface area (Å²) in [5.74, 6) is -3.88. The van der Waals surface area contributed by atoms with Gasteiger partial charge in [0.1, 0.15) is 11.6 Å². The molecule has 10 heteroatoms. The third kappa shape index (κ3) is 5.49. The summed E-state index contributed by atoms with van der Waals surface area (Å²) in [6.07, 6.45) is 3.80. The van der Waals surface area contributed by atoms with Crippen LogP contribution in [0.4, 0.5) is 13.6 Å². The molecule has 178 valence electrons. The van der Waals surface area contributed by atoms with Crippen molar-refractivity contribution in [1.82, 2.24) is 20.6 Å². The zero-order chi connectivity index (χ0) is 23.0. The van der Waals surface area contributed by atoms with Crippen molar-refractivity contribution >= 4 is 12.0 Å². The lowest BCUT2D eigenvalue weighted by Gasteiger charge is -2.52. The molecule has 0 aromatic carbocycles. The predicted molar refractivity (Wildman–Crippen MR) is 111 cm³/mol. The van der Waals surface area contributed by atoms with Crippen LogP contribution in [-0.2, 0) is 9.63 Å². The molecule has 1 atom stereocenters. The van der Waals surface area contributed by atoms with E-state index in [1.807, 2.05) is 6.07 Å². The van der Waals surface area contributed by atoms with E-state index in [-0.39, 0.29) is 18.3 Å². The van der Waals surface area contributed by atoms with Crippen molar-refractivity contribution in [3.8, 4) is 6.07 Å². The van der Waals surface area contributed by atoms with Crippen LogP contribution >= 0.6 is 0 Å². The van der Waals surface area contributed by atoms with Gasteiger partial charge in [0.15, 0.2) is 0 Å². The molecule has 0 radical (unpaired) electrons. The number of alkyl halides is 2. The van der Waals surface area contributed by atoms with Gasteiger partial charge in [0.25, 0.3) is 5.92 Å². The Morgan fingerprint density at radius 3 is 2.41 bits per heavy atom. The molecule has 2 aliphatic carbocycles. The Kier molecular flexibility index (Phi) is 6.34. The Morgan fingerprint density at radius 1 is 1.22 bits per heavy atom. The lowest BCUT2D eigenvalue weighted by Crippen LogP contribution is -2.61. The first-order valence-corrected chi connectivity index (χ1v) is 11.8. The van der Waals surface area contributed by atoms with Crippen molar-refractivity contribution in [2.75, 3.05) is 26.2 Å². The van der Waals surface area contributed by atoms with Gasteiger partial charge >= 0.3 is 6.09 Å². The van der Waals surface area contributed by atoms with E-state index in [0.717, 1.165) is 32.0 Å². The lowest BCUT2D eigenvalue weighted by molar-refractivity contribution is -0.218. The number of nitriles is 1. The summed E-state index contributed by atoms with van der Waals surface area (Å²) < 4.78 is 28.5. The van der Waals surface area contributed by atoms with E-state index in [4.69, 9.17) is 4.84 Å². The van der Waals surface area contributed by atoms with Crippen molar-refractivity contribution in [1.29, 1.82) is 5.26 Å². The normalized spacial score (nSPS) is 25.3. The highest BCUT2D eigenvalue weighted by atomic mass is 19.3. The molecule has 0 bridgehead atoms. The highest BCUT2D eigenvalue weighted by Crippen LogP contribution is 2.43. The smallest absolute Gasteiger partial charge is 0.351 e.